The molecule has 41 heavy (non-hydrogen) atoms. The molecule has 10 heteroatoms. The Morgan fingerprint density at radius 2 is 1.71 bits per heavy atom. The number of halogens is 3. The molecule has 7 nitrogen and oxygen atoms in total. The Morgan fingerprint density at radius 3 is 2.44 bits per heavy atom. The Balaban J connectivity index is 1.17. The molecule has 8 atom stereocenters. The molecule has 0 saturated carbocycles. The Kier molecular flexibility index (Phi) is 9.25. The first-order valence-corrected chi connectivity index (χ1v) is 14.0. The molecule has 2 heterocycles. The molecule has 0 unspecified atom stereocenters. The lowest BCUT2D eigenvalue weighted by molar-refractivity contribution is -0.219. The molecule has 3 aromatic carbocycles. The summed E-state index contributed by atoms with van der Waals surface area (Å²) < 4.78 is 45.3. The van der Waals surface area contributed by atoms with E-state index in [1.165, 1.54) is 0 Å². The molecule has 0 radical (unpaired) electrons. The van der Waals surface area contributed by atoms with Crippen molar-refractivity contribution in [2.24, 2.45) is 11.7 Å². The second-order valence-corrected chi connectivity index (χ2v) is 11.3. The van der Waals surface area contributed by atoms with Gasteiger partial charge in [-0.15, -0.1) is 0 Å². The van der Waals surface area contributed by atoms with Crippen LogP contribution in [0.2, 0.25) is 5.02 Å². The van der Waals surface area contributed by atoms with E-state index >= 15 is 0 Å². The van der Waals surface area contributed by atoms with Gasteiger partial charge in [-0.2, -0.15) is 0 Å². The minimum absolute atomic E-state index is 0.00111. The first-order valence-electron chi connectivity index (χ1n) is 13.6. The fraction of sp³-hybridized carbons (Fsp3) is 0.419. The van der Waals surface area contributed by atoms with Gasteiger partial charge < -0.3 is 35.3 Å². The summed E-state index contributed by atoms with van der Waals surface area (Å²) >= 11 is 6.47. The van der Waals surface area contributed by atoms with Crippen LogP contribution in [-0.2, 0) is 15.9 Å². The number of aliphatic hydroxyl groups is 3. The summed E-state index contributed by atoms with van der Waals surface area (Å²) in [5.41, 5.74) is 8.84. The van der Waals surface area contributed by atoms with Crippen molar-refractivity contribution in [1.82, 2.24) is 0 Å². The summed E-state index contributed by atoms with van der Waals surface area (Å²) in [4.78, 5) is 0. The molecule has 0 aromatic heterocycles. The van der Waals surface area contributed by atoms with E-state index in [1.54, 1.807) is 19.1 Å². The van der Waals surface area contributed by atoms with E-state index in [1.807, 2.05) is 30.3 Å². The van der Waals surface area contributed by atoms with Gasteiger partial charge in [-0.05, 0) is 72.9 Å². The van der Waals surface area contributed by atoms with Crippen LogP contribution in [0.4, 0.5) is 8.78 Å². The highest BCUT2D eigenvalue weighted by Crippen LogP contribution is 2.35. The van der Waals surface area contributed by atoms with Crippen LogP contribution in [-0.4, -0.2) is 59.0 Å². The lowest BCUT2D eigenvalue weighted by Crippen LogP contribution is -2.53. The normalized spacial score (nSPS) is 30.2. The van der Waals surface area contributed by atoms with Gasteiger partial charge in [0.15, 0.2) is 0 Å². The summed E-state index contributed by atoms with van der Waals surface area (Å²) in [6.45, 7) is 2.32. The van der Waals surface area contributed by atoms with Crippen molar-refractivity contribution in [3.63, 3.8) is 0 Å². The van der Waals surface area contributed by atoms with E-state index in [-0.39, 0.29) is 11.5 Å². The van der Waals surface area contributed by atoms with Gasteiger partial charge in [0.2, 0.25) is 0 Å². The summed E-state index contributed by atoms with van der Waals surface area (Å²) in [6, 6.07) is 15.7. The first kappa shape index (κ1) is 29.8. The fourth-order valence-electron chi connectivity index (χ4n) is 5.48. The van der Waals surface area contributed by atoms with Crippen molar-refractivity contribution in [1.29, 1.82) is 0 Å². The number of benzene rings is 3. The maximum atomic E-state index is 14.2. The van der Waals surface area contributed by atoms with Crippen LogP contribution in [0.1, 0.15) is 47.8 Å². The molecule has 0 aliphatic carbocycles. The Hall–Kier alpha value is -2.63. The monoisotopic (exact) mass is 589 g/mol. The lowest BCUT2D eigenvalue weighted by atomic mass is 9.90. The number of rotatable bonds is 7. The van der Waals surface area contributed by atoms with E-state index in [2.05, 4.69) is 0 Å². The average Bonchev–Trinajstić information content (AvgIpc) is 2.96. The van der Waals surface area contributed by atoms with Crippen LogP contribution in [0.3, 0.4) is 0 Å². The van der Waals surface area contributed by atoms with Crippen LogP contribution >= 0.6 is 11.6 Å². The molecule has 5 rings (SSSR count). The maximum Gasteiger partial charge on any atom is 0.129 e. The molecule has 2 aliphatic rings. The molecule has 5 N–H and O–H groups in total. The minimum atomic E-state index is -1.32. The number of hydrogen-bond donors (Lipinski definition) is 4. The Morgan fingerprint density at radius 1 is 0.951 bits per heavy atom. The third-order valence-electron chi connectivity index (χ3n) is 7.82. The largest absolute Gasteiger partial charge is 0.493 e. The highest BCUT2D eigenvalue weighted by molar-refractivity contribution is 6.31. The van der Waals surface area contributed by atoms with Gasteiger partial charge >= 0.3 is 0 Å². The SMILES string of the molecule is C[C@H]1O[C@@H](c2ccc(Cl)c(Cc3ccc(OC[C@H]4CO[C@H](c5cc(F)ccc5F)[C@@H](N)C4)cc3)c2)[C@H](O)[C@@H](O)[C@@H]1O. The predicted molar refractivity (Wildman–Crippen MR) is 149 cm³/mol. The molecule has 2 fully saturated rings. The fourth-order valence-corrected chi connectivity index (χ4v) is 5.66. The molecule has 0 bridgehead atoms. The second kappa shape index (κ2) is 12.7. The van der Waals surface area contributed by atoms with Crippen molar-refractivity contribution in [3.05, 3.63) is 99.6 Å². The lowest BCUT2D eigenvalue weighted by Gasteiger charge is -2.39. The molecule has 0 spiro atoms. The van der Waals surface area contributed by atoms with E-state index in [0.29, 0.717) is 42.4 Å². The van der Waals surface area contributed by atoms with Gasteiger partial charge in [0.05, 0.1) is 19.3 Å². The minimum Gasteiger partial charge on any atom is -0.493 e. The highest BCUT2D eigenvalue weighted by Gasteiger charge is 2.42. The van der Waals surface area contributed by atoms with E-state index in [9.17, 15) is 24.1 Å². The molecule has 220 valence electrons. The van der Waals surface area contributed by atoms with Crippen LogP contribution < -0.4 is 10.5 Å². The second-order valence-electron chi connectivity index (χ2n) is 10.9. The number of hydrogen-bond acceptors (Lipinski definition) is 7. The highest BCUT2D eigenvalue weighted by atomic mass is 35.5. The third kappa shape index (κ3) is 6.73. The third-order valence-corrected chi connectivity index (χ3v) is 8.19. The smallest absolute Gasteiger partial charge is 0.129 e. The standard InChI is InChI=1S/C31H34ClF2NO6/c1-16-27(36)28(37)29(38)30(41-16)19-4-8-24(32)20(12-19)10-17-2-6-22(7-3-17)39-14-18-11-26(35)31(40-15-18)23-13-21(33)5-9-25(23)34/h2-9,12-13,16,18,26-31,36-38H,10-11,14-15,35H2,1H3/t16-,18+,26+,27-,28+,29-,30+,31-/m1/s1. The summed E-state index contributed by atoms with van der Waals surface area (Å²) in [5, 5.41) is 31.2. The molecular weight excluding hydrogens is 556 g/mol. The quantitative estimate of drug-likeness (QED) is 0.326. The molecule has 0 amide bonds. The van der Waals surface area contributed by atoms with Gasteiger partial charge in [-0.25, -0.2) is 8.78 Å². The summed E-state index contributed by atoms with van der Waals surface area (Å²) in [6.07, 6.45) is -4.85. The van der Waals surface area contributed by atoms with Crippen molar-refractivity contribution in [2.45, 2.75) is 62.4 Å². The molecular formula is C31H34ClF2NO6. The van der Waals surface area contributed by atoms with Crippen molar-refractivity contribution >= 4 is 11.6 Å². The van der Waals surface area contributed by atoms with Crippen LogP contribution in [0.25, 0.3) is 0 Å². The van der Waals surface area contributed by atoms with Gasteiger partial charge in [-0.1, -0.05) is 35.9 Å². The molecule has 2 aliphatic heterocycles. The summed E-state index contributed by atoms with van der Waals surface area (Å²) in [7, 11) is 0. The first-order chi connectivity index (χ1) is 19.6. The van der Waals surface area contributed by atoms with Crippen molar-refractivity contribution in [2.75, 3.05) is 13.2 Å². The van der Waals surface area contributed by atoms with Crippen molar-refractivity contribution < 1.29 is 38.3 Å². The zero-order valence-electron chi connectivity index (χ0n) is 22.5. The van der Waals surface area contributed by atoms with E-state index < -0.39 is 54.3 Å². The van der Waals surface area contributed by atoms with Crippen LogP contribution in [0.15, 0.2) is 60.7 Å². The average molecular weight is 590 g/mol. The van der Waals surface area contributed by atoms with Gasteiger partial charge in [-0.3, -0.25) is 0 Å². The Labute approximate surface area is 242 Å². The molecule has 2 saturated heterocycles. The van der Waals surface area contributed by atoms with E-state index in [4.69, 9.17) is 31.5 Å². The van der Waals surface area contributed by atoms with Crippen molar-refractivity contribution in [3.8, 4) is 5.75 Å². The zero-order chi connectivity index (χ0) is 29.3. The maximum absolute atomic E-state index is 14.2. The predicted octanol–water partition coefficient (Wildman–Crippen LogP) is 4.24. The van der Waals surface area contributed by atoms with E-state index in [0.717, 1.165) is 29.3 Å². The topological polar surface area (TPSA) is 114 Å². The van der Waals surface area contributed by atoms with Gasteiger partial charge in [0.25, 0.3) is 0 Å². The number of aliphatic hydroxyl groups excluding tert-OH is 3. The molecule has 3 aromatic rings. The summed E-state index contributed by atoms with van der Waals surface area (Å²) in [5.74, 6) is -0.407. The van der Waals surface area contributed by atoms with Gasteiger partial charge in [0, 0.05) is 22.5 Å². The Bertz CT molecular complexity index is 1340. The van der Waals surface area contributed by atoms with Gasteiger partial charge in [0.1, 0.15) is 47.9 Å². The number of nitrogens with two attached hydrogens (primary N) is 1. The number of ether oxygens (including phenoxy) is 3. The zero-order valence-corrected chi connectivity index (χ0v) is 23.3. The van der Waals surface area contributed by atoms with Crippen LogP contribution in [0, 0.1) is 17.6 Å². The van der Waals surface area contributed by atoms with Crippen LogP contribution in [0.5, 0.6) is 5.75 Å².